The molecule has 1 saturated heterocycles. The molecule has 2 aliphatic heterocycles. The summed E-state index contributed by atoms with van der Waals surface area (Å²) in [7, 11) is 0. The molecule has 0 saturated carbocycles. The molecule has 2 aliphatic rings. The molecule has 4 heterocycles. The fraction of sp³-hybridized carbons (Fsp3) is 0.533. The molecule has 6 nitrogen and oxygen atoms in total. The number of nitrogens with zero attached hydrogens (tertiary/aromatic N) is 5. The molecule has 0 spiro atoms. The summed E-state index contributed by atoms with van der Waals surface area (Å²) in [5.41, 5.74) is 3.45. The topological polar surface area (TPSA) is 66.5 Å². The minimum absolute atomic E-state index is 0.311. The lowest BCUT2D eigenvalue weighted by Crippen LogP contribution is -2.31. The molecule has 1 fully saturated rings. The van der Waals surface area contributed by atoms with Crippen LogP contribution in [0.4, 0.5) is 5.82 Å². The Labute approximate surface area is 122 Å². The van der Waals surface area contributed by atoms with Gasteiger partial charge in [-0.2, -0.15) is 14.9 Å². The lowest BCUT2D eigenvalue weighted by molar-refractivity contribution is 0.115. The average molecular weight is 283 g/mol. The van der Waals surface area contributed by atoms with E-state index < -0.39 is 0 Å². The van der Waals surface area contributed by atoms with Crippen LogP contribution in [0.3, 0.4) is 0 Å². The van der Waals surface area contributed by atoms with Crippen molar-refractivity contribution in [1.82, 2.24) is 14.6 Å². The molecular formula is C15H17N5O. The van der Waals surface area contributed by atoms with Gasteiger partial charge in [0.1, 0.15) is 11.9 Å². The molecule has 6 heteroatoms. The zero-order valence-corrected chi connectivity index (χ0v) is 12.0. The number of anilines is 1. The lowest BCUT2D eigenvalue weighted by atomic mass is 10.2. The molecule has 1 atom stereocenters. The summed E-state index contributed by atoms with van der Waals surface area (Å²) in [5, 5.41) is 13.4. The molecule has 21 heavy (non-hydrogen) atoms. The van der Waals surface area contributed by atoms with Crippen LogP contribution in [0.1, 0.15) is 29.8 Å². The Hall–Kier alpha value is -2.13. The van der Waals surface area contributed by atoms with Gasteiger partial charge in [0, 0.05) is 37.0 Å². The molecule has 4 rings (SSSR count). The van der Waals surface area contributed by atoms with Gasteiger partial charge in [0.25, 0.3) is 0 Å². The van der Waals surface area contributed by atoms with Gasteiger partial charge in [-0.3, -0.25) is 0 Å². The molecule has 0 N–H and O–H groups in total. The van der Waals surface area contributed by atoms with Crippen LogP contribution in [0.5, 0.6) is 0 Å². The van der Waals surface area contributed by atoms with E-state index in [1.165, 1.54) is 5.56 Å². The Morgan fingerprint density at radius 2 is 2.43 bits per heavy atom. The van der Waals surface area contributed by atoms with Crippen LogP contribution >= 0.6 is 0 Å². The minimum Gasteiger partial charge on any atom is -0.376 e. The van der Waals surface area contributed by atoms with Crippen LogP contribution in [0.2, 0.25) is 0 Å². The molecule has 2 aromatic rings. The second kappa shape index (κ2) is 4.71. The summed E-state index contributed by atoms with van der Waals surface area (Å²) in [6.07, 6.45) is 3.57. The van der Waals surface area contributed by atoms with Crippen molar-refractivity contribution < 1.29 is 4.74 Å². The first-order valence-corrected chi connectivity index (χ1v) is 7.42. The highest BCUT2D eigenvalue weighted by molar-refractivity contribution is 5.61. The molecule has 0 aromatic carbocycles. The summed E-state index contributed by atoms with van der Waals surface area (Å²) in [5.74, 6) is 1.09. The Morgan fingerprint density at radius 1 is 1.52 bits per heavy atom. The van der Waals surface area contributed by atoms with Crippen molar-refractivity contribution in [2.45, 2.75) is 32.3 Å². The van der Waals surface area contributed by atoms with E-state index in [-0.39, 0.29) is 0 Å². The molecular weight excluding hydrogens is 266 g/mol. The van der Waals surface area contributed by atoms with Gasteiger partial charge < -0.3 is 9.64 Å². The third-order valence-electron chi connectivity index (χ3n) is 4.37. The first-order valence-electron chi connectivity index (χ1n) is 7.42. The summed E-state index contributed by atoms with van der Waals surface area (Å²) < 4.78 is 7.58. The standard InChI is InChI=1S/C15H17N5O/c1-10-13-4-5-19(9-12-3-2-6-21-12)15(13)20-14(17-10)7-11(8-16)18-20/h7,12H,2-6,9H2,1H3. The molecule has 0 bridgehead atoms. The minimum atomic E-state index is 0.311. The van der Waals surface area contributed by atoms with Crippen molar-refractivity contribution in [2.75, 3.05) is 24.6 Å². The molecule has 108 valence electrons. The fourth-order valence-electron chi connectivity index (χ4n) is 3.37. The monoisotopic (exact) mass is 283 g/mol. The van der Waals surface area contributed by atoms with E-state index in [0.29, 0.717) is 11.8 Å². The summed E-state index contributed by atoms with van der Waals surface area (Å²) >= 11 is 0. The highest BCUT2D eigenvalue weighted by atomic mass is 16.5. The zero-order valence-electron chi connectivity index (χ0n) is 12.0. The number of aromatic nitrogens is 3. The molecule has 0 aliphatic carbocycles. The zero-order chi connectivity index (χ0) is 14.4. The number of rotatable bonds is 2. The second-order valence-electron chi connectivity index (χ2n) is 5.74. The van der Waals surface area contributed by atoms with Crippen LogP contribution < -0.4 is 4.90 Å². The number of hydrogen-bond acceptors (Lipinski definition) is 5. The van der Waals surface area contributed by atoms with E-state index >= 15 is 0 Å². The van der Waals surface area contributed by atoms with Crippen LogP contribution in [-0.4, -0.2) is 40.4 Å². The summed E-state index contributed by atoms with van der Waals surface area (Å²) in [6.45, 7) is 4.77. The molecule has 0 amide bonds. The van der Waals surface area contributed by atoms with Gasteiger partial charge in [-0.15, -0.1) is 0 Å². The van der Waals surface area contributed by atoms with Crippen LogP contribution in [0.15, 0.2) is 6.07 Å². The van der Waals surface area contributed by atoms with Gasteiger partial charge in [0.2, 0.25) is 0 Å². The third kappa shape index (κ3) is 1.96. The van der Waals surface area contributed by atoms with E-state index in [2.05, 4.69) is 21.1 Å². The van der Waals surface area contributed by atoms with E-state index in [1.54, 1.807) is 6.07 Å². The van der Waals surface area contributed by atoms with Crippen molar-refractivity contribution in [3.8, 4) is 6.07 Å². The maximum atomic E-state index is 9.06. The second-order valence-corrected chi connectivity index (χ2v) is 5.74. The van der Waals surface area contributed by atoms with Crippen molar-refractivity contribution in [3.05, 3.63) is 23.0 Å². The highest BCUT2D eigenvalue weighted by Gasteiger charge is 2.29. The van der Waals surface area contributed by atoms with Gasteiger partial charge in [-0.05, 0) is 26.2 Å². The smallest absolute Gasteiger partial charge is 0.165 e. The quantitative estimate of drug-likeness (QED) is 0.834. The van der Waals surface area contributed by atoms with Crippen molar-refractivity contribution in [2.24, 2.45) is 0 Å². The number of fused-ring (bicyclic) bond motifs is 3. The lowest BCUT2D eigenvalue weighted by Gasteiger charge is -2.23. The Kier molecular flexibility index (Phi) is 2.82. The van der Waals surface area contributed by atoms with E-state index in [0.717, 1.165) is 56.1 Å². The van der Waals surface area contributed by atoms with Gasteiger partial charge in [0.05, 0.1) is 6.10 Å². The van der Waals surface area contributed by atoms with Crippen LogP contribution in [0.25, 0.3) is 5.65 Å². The van der Waals surface area contributed by atoms with E-state index in [4.69, 9.17) is 10.00 Å². The summed E-state index contributed by atoms with van der Waals surface area (Å²) in [6, 6.07) is 3.85. The summed E-state index contributed by atoms with van der Waals surface area (Å²) in [4.78, 5) is 6.91. The van der Waals surface area contributed by atoms with E-state index in [9.17, 15) is 0 Å². The maximum Gasteiger partial charge on any atom is 0.165 e. The van der Waals surface area contributed by atoms with Crippen molar-refractivity contribution >= 4 is 11.5 Å². The first kappa shape index (κ1) is 12.6. The number of hydrogen-bond donors (Lipinski definition) is 0. The Morgan fingerprint density at radius 3 is 3.19 bits per heavy atom. The van der Waals surface area contributed by atoms with E-state index in [1.807, 2.05) is 11.4 Å². The molecule has 2 aromatic heterocycles. The number of nitriles is 1. The number of aryl methyl sites for hydroxylation is 1. The van der Waals surface area contributed by atoms with Gasteiger partial charge in [-0.1, -0.05) is 0 Å². The van der Waals surface area contributed by atoms with Gasteiger partial charge in [0.15, 0.2) is 11.3 Å². The fourth-order valence-corrected chi connectivity index (χ4v) is 3.37. The maximum absolute atomic E-state index is 9.06. The predicted molar refractivity (Wildman–Crippen MR) is 77.3 cm³/mol. The Bertz CT molecular complexity index is 739. The normalized spacial score (nSPS) is 21.0. The number of ether oxygens (including phenoxy) is 1. The average Bonchev–Trinajstić information content (AvgIpc) is 3.18. The first-order chi connectivity index (χ1) is 10.3. The third-order valence-corrected chi connectivity index (χ3v) is 4.37. The van der Waals surface area contributed by atoms with Crippen LogP contribution in [0, 0.1) is 18.3 Å². The van der Waals surface area contributed by atoms with Gasteiger partial charge in [-0.25, -0.2) is 4.98 Å². The SMILES string of the molecule is Cc1nc2cc(C#N)nn2c2c1CCN2CC1CCCO1. The van der Waals surface area contributed by atoms with Gasteiger partial charge >= 0.3 is 0 Å². The molecule has 1 unspecified atom stereocenters. The predicted octanol–water partition coefficient (Wildman–Crippen LogP) is 1.45. The Balaban J connectivity index is 1.79. The van der Waals surface area contributed by atoms with Crippen molar-refractivity contribution in [1.29, 1.82) is 5.26 Å². The molecule has 0 radical (unpaired) electrons. The van der Waals surface area contributed by atoms with Crippen molar-refractivity contribution in [3.63, 3.8) is 0 Å². The van der Waals surface area contributed by atoms with Crippen LogP contribution in [-0.2, 0) is 11.2 Å². The highest BCUT2D eigenvalue weighted by Crippen LogP contribution is 2.31. The largest absolute Gasteiger partial charge is 0.376 e.